The number of rotatable bonds is 4. The van der Waals surface area contributed by atoms with Gasteiger partial charge in [-0.25, -0.2) is 4.79 Å². The van der Waals surface area contributed by atoms with Crippen LogP contribution in [0.25, 0.3) is 0 Å². The standard InChI is InChI=1S/C18H22N4O3/c23-18(20-14-5-6-16-17(12-14)25-13-24-16)22-10-2-1-4-15(22)7-11-21-9-3-8-19-21/h3,5-6,8-9,12,15H,1-2,4,7,10-11,13H2,(H,20,23). The molecule has 0 saturated carbocycles. The Balaban J connectivity index is 1.40. The monoisotopic (exact) mass is 342 g/mol. The molecule has 1 unspecified atom stereocenters. The number of piperidine rings is 1. The fourth-order valence-electron chi connectivity index (χ4n) is 3.45. The second kappa shape index (κ2) is 7.04. The van der Waals surface area contributed by atoms with Crippen LogP contribution < -0.4 is 14.8 Å². The summed E-state index contributed by atoms with van der Waals surface area (Å²) in [4.78, 5) is 14.7. The zero-order valence-electron chi connectivity index (χ0n) is 14.1. The number of carbonyl (C=O) groups is 1. The molecule has 7 nitrogen and oxygen atoms in total. The second-order valence-electron chi connectivity index (χ2n) is 6.40. The number of ether oxygens (including phenoxy) is 2. The summed E-state index contributed by atoms with van der Waals surface area (Å²) < 4.78 is 12.6. The number of anilines is 1. The molecule has 2 aliphatic rings. The number of likely N-dealkylation sites (tertiary alicyclic amines) is 1. The summed E-state index contributed by atoms with van der Waals surface area (Å²) in [6, 6.07) is 7.58. The van der Waals surface area contributed by atoms with E-state index in [-0.39, 0.29) is 18.9 Å². The third-order valence-electron chi connectivity index (χ3n) is 4.76. The quantitative estimate of drug-likeness (QED) is 0.927. The predicted molar refractivity (Wildman–Crippen MR) is 92.8 cm³/mol. The highest BCUT2D eigenvalue weighted by Gasteiger charge is 2.27. The average molecular weight is 342 g/mol. The summed E-state index contributed by atoms with van der Waals surface area (Å²) in [5.74, 6) is 1.39. The maximum absolute atomic E-state index is 12.8. The molecule has 1 fully saturated rings. The summed E-state index contributed by atoms with van der Waals surface area (Å²) >= 11 is 0. The van der Waals surface area contributed by atoms with Gasteiger partial charge in [-0.05, 0) is 43.9 Å². The van der Waals surface area contributed by atoms with Crippen molar-refractivity contribution in [2.24, 2.45) is 0 Å². The molecule has 1 N–H and O–H groups in total. The first kappa shape index (κ1) is 15.8. The Bertz CT molecular complexity index is 732. The van der Waals surface area contributed by atoms with Crippen molar-refractivity contribution in [3.63, 3.8) is 0 Å². The van der Waals surface area contributed by atoms with Crippen molar-refractivity contribution in [3.8, 4) is 11.5 Å². The molecule has 3 heterocycles. The van der Waals surface area contributed by atoms with Gasteiger partial charge in [-0.15, -0.1) is 0 Å². The molecule has 2 aromatic rings. The van der Waals surface area contributed by atoms with Gasteiger partial charge in [0.05, 0.1) is 0 Å². The summed E-state index contributed by atoms with van der Waals surface area (Å²) in [6.07, 6.45) is 7.90. The Labute approximate surface area is 146 Å². The Morgan fingerprint density at radius 3 is 3.08 bits per heavy atom. The largest absolute Gasteiger partial charge is 0.454 e. The number of benzene rings is 1. The third kappa shape index (κ3) is 3.55. The Kier molecular flexibility index (Phi) is 4.45. The van der Waals surface area contributed by atoms with Gasteiger partial charge in [0.1, 0.15) is 0 Å². The zero-order chi connectivity index (χ0) is 17.1. The fourth-order valence-corrected chi connectivity index (χ4v) is 3.45. The normalized spacial score (nSPS) is 19.0. The van der Waals surface area contributed by atoms with Crippen molar-refractivity contribution < 1.29 is 14.3 Å². The molecule has 4 rings (SSSR count). The summed E-state index contributed by atoms with van der Waals surface area (Å²) in [5.41, 5.74) is 0.727. The van der Waals surface area contributed by atoms with Gasteiger partial charge in [0, 0.05) is 43.3 Å². The first-order valence-corrected chi connectivity index (χ1v) is 8.74. The minimum absolute atomic E-state index is 0.0518. The number of nitrogens with one attached hydrogen (secondary N) is 1. The number of nitrogens with zero attached hydrogens (tertiary/aromatic N) is 3. The lowest BCUT2D eigenvalue weighted by atomic mass is 10.00. The molecule has 0 aliphatic carbocycles. The van der Waals surface area contributed by atoms with Crippen molar-refractivity contribution in [1.29, 1.82) is 0 Å². The second-order valence-corrected chi connectivity index (χ2v) is 6.40. The third-order valence-corrected chi connectivity index (χ3v) is 4.76. The van der Waals surface area contributed by atoms with E-state index < -0.39 is 0 Å². The predicted octanol–water partition coefficient (Wildman–Crippen LogP) is 3.09. The van der Waals surface area contributed by atoms with Crippen LogP contribution in [0, 0.1) is 0 Å². The molecular formula is C18H22N4O3. The highest BCUT2D eigenvalue weighted by molar-refractivity contribution is 5.90. The van der Waals surface area contributed by atoms with Crippen molar-refractivity contribution in [1.82, 2.24) is 14.7 Å². The van der Waals surface area contributed by atoms with Gasteiger partial charge in [-0.2, -0.15) is 5.10 Å². The number of fused-ring (bicyclic) bond motifs is 1. The van der Waals surface area contributed by atoms with E-state index in [9.17, 15) is 4.79 Å². The van der Waals surface area contributed by atoms with E-state index in [2.05, 4.69) is 10.4 Å². The van der Waals surface area contributed by atoms with Gasteiger partial charge in [-0.3, -0.25) is 4.68 Å². The molecule has 1 atom stereocenters. The lowest BCUT2D eigenvalue weighted by Gasteiger charge is -2.35. The first-order valence-electron chi connectivity index (χ1n) is 8.74. The van der Waals surface area contributed by atoms with Crippen molar-refractivity contribution in [3.05, 3.63) is 36.7 Å². The molecule has 7 heteroatoms. The Hall–Kier alpha value is -2.70. The van der Waals surface area contributed by atoms with Crippen LogP contribution >= 0.6 is 0 Å². The highest BCUT2D eigenvalue weighted by Crippen LogP contribution is 2.34. The fraction of sp³-hybridized carbons (Fsp3) is 0.444. The zero-order valence-corrected chi connectivity index (χ0v) is 14.1. The van der Waals surface area contributed by atoms with Gasteiger partial charge < -0.3 is 19.7 Å². The highest BCUT2D eigenvalue weighted by atomic mass is 16.7. The first-order chi connectivity index (χ1) is 12.3. The van der Waals surface area contributed by atoms with Crippen molar-refractivity contribution >= 4 is 11.7 Å². The van der Waals surface area contributed by atoms with Crippen LogP contribution in [0.2, 0.25) is 0 Å². The Morgan fingerprint density at radius 2 is 2.20 bits per heavy atom. The summed E-state index contributed by atoms with van der Waals surface area (Å²) in [5, 5.41) is 7.24. The molecule has 0 spiro atoms. The van der Waals surface area contributed by atoms with Gasteiger partial charge >= 0.3 is 6.03 Å². The number of aromatic nitrogens is 2. The number of amides is 2. The number of hydrogen-bond acceptors (Lipinski definition) is 4. The van der Waals surface area contributed by atoms with Crippen LogP contribution in [-0.2, 0) is 6.54 Å². The lowest BCUT2D eigenvalue weighted by molar-refractivity contribution is 0.154. The number of hydrogen-bond donors (Lipinski definition) is 1. The van der Waals surface area contributed by atoms with Gasteiger partial charge in [-0.1, -0.05) is 0 Å². The maximum atomic E-state index is 12.8. The van der Waals surface area contributed by atoms with Crippen LogP contribution in [0.5, 0.6) is 11.5 Å². The number of aryl methyl sites for hydroxylation is 1. The van der Waals surface area contributed by atoms with E-state index in [1.807, 2.05) is 40.0 Å². The Morgan fingerprint density at radius 1 is 1.28 bits per heavy atom. The van der Waals surface area contributed by atoms with Crippen LogP contribution in [0.1, 0.15) is 25.7 Å². The lowest BCUT2D eigenvalue weighted by Crippen LogP contribution is -2.46. The van der Waals surface area contributed by atoms with Gasteiger partial charge in [0.15, 0.2) is 11.5 Å². The van der Waals surface area contributed by atoms with E-state index in [0.717, 1.165) is 44.5 Å². The van der Waals surface area contributed by atoms with Crippen LogP contribution in [0.4, 0.5) is 10.5 Å². The maximum Gasteiger partial charge on any atom is 0.322 e. The summed E-state index contributed by atoms with van der Waals surface area (Å²) in [7, 11) is 0. The smallest absolute Gasteiger partial charge is 0.322 e. The van der Waals surface area contributed by atoms with Crippen molar-refractivity contribution in [2.75, 3.05) is 18.7 Å². The number of carbonyl (C=O) groups excluding carboxylic acids is 1. The van der Waals surface area contributed by atoms with E-state index in [4.69, 9.17) is 9.47 Å². The molecule has 1 aromatic carbocycles. The molecule has 0 radical (unpaired) electrons. The molecule has 25 heavy (non-hydrogen) atoms. The average Bonchev–Trinajstić information content (AvgIpc) is 3.31. The van der Waals surface area contributed by atoms with E-state index >= 15 is 0 Å². The molecule has 0 bridgehead atoms. The molecular weight excluding hydrogens is 320 g/mol. The molecule has 1 saturated heterocycles. The minimum atomic E-state index is -0.0518. The van der Waals surface area contributed by atoms with Gasteiger partial charge in [0.2, 0.25) is 6.79 Å². The van der Waals surface area contributed by atoms with Crippen LogP contribution in [-0.4, -0.2) is 40.1 Å². The van der Waals surface area contributed by atoms with E-state index in [1.54, 1.807) is 6.20 Å². The molecule has 2 aliphatic heterocycles. The van der Waals surface area contributed by atoms with Crippen molar-refractivity contribution in [2.45, 2.75) is 38.3 Å². The van der Waals surface area contributed by atoms with E-state index in [0.29, 0.717) is 11.5 Å². The minimum Gasteiger partial charge on any atom is -0.454 e. The van der Waals surface area contributed by atoms with Crippen LogP contribution in [0.15, 0.2) is 36.7 Å². The molecule has 1 aromatic heterocycles. The SMILES string of the molecule is O=C(Nc1ccc2c(c1)OCO2)N1CCCCC1CCn1cccn1. The molecule has 132 valence electrons. The topological polar surface area (TPSA) is 68.6 Å². The van der Waals surface area contributed by atoms with E-state index in [1.165, 1.54) is 0 Å². The summed E-state index contributed by atoms with van der Waals surface area (Å²) in [6.45, 7) is 1.85. The van der Waals surface area contributed by atoms with Gasteiger partial charge in [0.25, 0.3) is 0 Å². The van der Waals surface area contributed by atoms with Crippen LogP contribution in [0.3, 0.4) is 0 Å². The number of urea groups is 1. The molecule has 2 amide bonds.